The first-order valence-corrected chi connectivity index (χ1v) is 10.6. The summed E-state index contributed by atoms with van der Waals surface area (Å²) in [7, 11) is 2.00. The van der Waals surface area contributed by atoms with Gasteiger partial charge < -0.3 is 10.4 Å². The molecule has 1 rings (SSSR count). The van der Waals surface area contributed by atoms with Gasteiger partial charge in [0.05, 0.1) is 6.61 Å². The summed E-state index contributed by atoms with van der Waals surface area (Å²) >= 11 is 0. The molecule has 0 spiro atoms. The minimum Gasteiger partial charge on any atom is -0.392 e. The van der Waals surface area contributed by atoms with E-state index >= 15 is 0 Å². The number of hydrogen-bond acceptors (Lipinski definition) is 2. The summed E-state index contributed by atoms with van der Waals surface area (Å²) in [5.74, 6) is 0. The highest BCUT2D eigenvalue weighted by molar-refractivity contribution is 5.74. The second-order valence-electron chi connectivity index (χ2n) is 7.51. The molecule has 0 aliphatic carbocycles. The molecule has 1 aromatic carbocycles. The van der Waals surface area contributed by atoms with Crippen LogP contribution in [-0.4, -0.2) is 25.3 Å². The summed E-state index contributed by atoms with van der Waals surface area (Å²) in [5.41, 5.74) is 8.04. The summed E-state index contributed by atoms with van der Waals surface area (Å²) in [5, 5.41) is 13.5. The fourth-order valence-corrected chi connectivity index (χ4v) is 3.64. The van der Waals surface area contributed by atoms with Gasteiger partial charge in [-0.3, -0.25) is 0 Å². The molecule has 2 N–H and O–H groups in total. The highest BCUT2D eigenvalue weighted by Crippen LogP contribution is 2.33. The average molecular weight is 382 g/mol. The molecule has 0 aromatic heterocycles. The monoisotopic (exact) mass is 381 g/mol. The summed E-state index contributed by atoms with van der Waals surface area (Å²) < 4.78 is 0. The summed E-state index contributed by atoms with van der Waals surface area (Å²) in [6.45, 7) is 15.8. The number of allylic oxidation sites excluding steroid dienone is 3. The summed E-state index contributed by atoms with van der Waals surface area (Å²) in [4.78, 5) is 0. The van der Waals surface area contributed by atoms with Gasteiger partial charge in [0, 0.05) is 0 Å². The maximum absolute atomic E-state index is 10.3. The minimum absolute atomic E-state index is 0.0319. The fourth-order valence-electron chi connectivity index (χ4n) is 3.64. The van der Waals surface area contributed by atoms with Crippen LogP contribution < -0.4 is 5.32 Å². The molecule has 0 saturated carbocycles. The molecule has 0 amide bonds. The average Bonchev–Trinajstić information content (AvgIpc) is 2.71. The molecule has 0 unspecified atom stereocenters. The van der Waals surface area contributed by atoms with Crippen LogP contribution in [0.1, 0.15) is 70.4 Å². The van der Waals surface area contributed by atoms with Gasteiger partial charge in [-0.05, 0) is 86.5 Å². The predicted octanol–water partition coefficient (Wildman–Crippen LogP) is 6.55. The molecular weight excluding hydrogens is 342 g/mol. The van der Waals surface area contributed by atoms with Crippen molar-refractivity contribution in [2.75, 3.05) is 20.2 Å². The first-order valence-electron chi connectivity index (χ1n) is 10.6. The van der Waals surface area contributed by atoms with Crippen molar-refractivity contribution in [1.29, 1.82) is 0 Å². The maximum Gasteiger partial charge on any atom is 0.0690 e. The van der Waals surface area contributed by atoms with Crippen LogP contribution in [0.5, 0.6) is 0 Å². The quantitative estimate of drug-likeness (QED) is 0.300. The molecule has 154 valence electrons. The highest BCUT2D eigenvalue weighted by atomic mass is 16.3. The molecule has 2 nitrogen and oxygen atoms in total. The van der Waals surface area contributed by atoms with Gasteiger partial charge in [-0.15, -0.1) is 0 Å². The Balaban J connectivity index is 3.19. The van der Waals surface area contributed by atoms with Gasteiger partial charge in [-0.25, -0.2) is 0 Å². The van der Waals surface area contributed by atoms with E-state index in [2.05, 4.69) is 63.5 Å². The molecule has 0 saturated heterocycles. The van der Waals surface area contributed by atoms with Crippen LogP contribution in [0.3, 0.4) is 0 Å². The molecule has 0 aliphatic heterocycles. The molecule has 0 heterocycles. The van der Waals surface area contributed by atoms with E-state index in [1.54, 1.807) is 0 Å². The lowest BCUT2D eigenvalue weighted by Crippen LogP contribution is -2.07. The zero-order chi connectivity index (χ0) is 20.9. The summed E-state index contributed by atoms with van der Waals surface area (Å²) in [6, 6.07) is 8.35. The first-order chi connectivity index (χ1) is 13.5. The fraction of sp³-hybridized carbons (Fsp3) is 0.462. The van der Waals surface area contributed by atoms with E-state index in [9.17, 15) is 5.11 Å². The van der Waals surface area contributed by atoms with Crippen molar-refractivity contribution in [2.24, 2.45) is 0 Å². The molecule has 0 aliphatic rings. The number of aliphatic hydroxyl groups is 1. The van der Waals surface area contributed by atoms with Gasteiger partial charge in [-0.1, -0.05) is 68.8 Å². The van der Waals surface area contributed by atoms with Gasteiger partial charge in [0.15, 0.2) is 0 Å². The van der Waals surface area contributed by atoms with Gasteiger partial charge in [0.1, 0.15) is 0 Å². The van der Waals surface area contributed by atoms with Crippen molar-refractivity contribution in [3.63, 3.8) is 0 Å². The van der Waals surface area contributed by atoms with Crippen LogP contribution in [0.25, 0.3) is 11.6 Å². The van der Waals surface area contributed by atoms with Crippen molar-refractivity contribution in [2.45, 2.75) is 59.3 Å². The van der Waals surface area contributed by atoms with Crippen LogP contribution in [0.4, 0.5) is 0 Å². The van der Waals surface area contributed by atoms with Crippen molar-refractivity contribution >= 4 is 11.6 Å². The zero-order valence-corrected chi connectivity index (χ0v) is 18.4. The molecule has 1 aromatic rings. The Morgan fingerprint density at radius 3 is 2.29 bits per heavy atom. The number of aliphatic hydroxyl groups excluding tert-OH is 1. The van der Waals surface area contributed by atoms with Crippen LogP contribution in [0.2, 0.25) is 0 Å². The third-order valence-electron chi connectivity index (χ3n) is 5.30. The Hall–Kier alpha value is -1.90. The Morgan fingerprint density at radius 1 is 1.07 bits per heavy atom. The Kier molecular flexibility index (Phi) is 11.5. The van der Waals surface area contributed by atoms with E-state index in [0.29, 0.717) is 0 Å². The number of hydrogen-bond donors (Lipinski definition) is 2. The van der Waals surface area contributed by atoms with Crippen molar-refractivity contribution in [3.8, 4) is 0 Å². The standard InChI is InChI=1S/C26H39NO/c1-7-12-20(3)26(21(4)13-10-9-11-18-27-6)25(19-28)22(5)24-16-14-23(8-2)15-17-24/h8,14-17,27-28H,2,4,7,9-13,18-19H2,1,3,5-6H3/b25-22+,26-20+. The van der Waals surface area contributed by atoms with Crippen LogP contribution in [0.15, 0.2) is 59.7 Å². The number of rotatable bonds is 13. The Bertz CT molecular complexity index is 692. The predicted molar refractivity (Wildman–Crippen MR) is 125 cm³/mol. The van der Waals surface area contributed by atoms with E-state index in [1.807, 2.05) is 13.1 Å². The molecule has 2 heteroatoms. The Labute approximate surface area is 172 Å². The lowest BCUT2D eigenvalue weighted by atomic mass is 9.86. The normalized spacial score (nSPS) is 13.0. The maximum atomic E-state index is 10.3. The van der Waals surface area contributed by atoms with E-state index in [-0.39, 0.29) is 6.61 Å². The van der Waals surface area contributed by atoms with Crippen LogP contribution in [0, 0.1) is 0 Å². The van der Waals surface area contributed by atoms with Crippen molar-refractivity contribution in [3.05, 3.63) is 70.8 Å². The lowest BCUT2D eigenvalue weighted by molar-refractivity contribution is 0.334. The Morgan fingerprint density at radius 2 is 1.75 bits per heavy atom. The summed E-state index contributed by atoms with van der Waals surface area (Å²) in [6.07, 6.45) is 8.47. The molecule has 0 bridgehead atoms. The number of nitrogens with one attached hydrogen (secondary N) is 1. The second-order valence-corrected chi connectivity index (χ2v) is 7.51. The van der Waals surface area contributed by atoms with Crippen LogP contribution >= 0.6 is 0 Å². The van der Waals surface area contributed by atoms with Gasteiger partial charge in [-0.2, -0.15) is 0 Å². The third kappa shape index (κ3) is 7.26. The minimum atomic E-state index is 0.0319. The van der Waals surface area contributed by atoms with Crippen LogP contribution in [-0.2, 0) is 0 Å². The van der Waals surface area contributed by atoms with Crippen molar-refractivity contribution in [1.82, 2.24) is 5.32 Å². The molecular formula is C26H39NO. The largest absolute Gasteiger partial charge is 0.392 e. The zero-order valence-electron chi connectivity index (χ0n) is 18.4. The van der Waals surface area contributed by atoms with Gasteiger partial charge in [0.2, 0.25) is 0 Å². The second kappa shape index (κ2) is 13.3. The molecule has 0 fully saturated rings. The van der Waals surface area contributed by atoms with Gasteiger partial charge in [0.25, 0.3) is 0 Å². The molecule has 0 radical (unpaired) electrons. The SMILES string of the molecule is C=Cc1ccc(/C(C)=C(CO)/C(C(=C)CCCCCNC)=C(\C)CCC)cc1. The smallest absolute Gasteiger partial charge is 0.0690 e. The van der Waals surface area contributed by atoms with E-state index < -0.39 is 0 Å². The first kappa shape index (κ1) is 24.1. The van der Waals surface area contributed by atoms with E-state index in [1.165, 1.54) is 24.0 Å². The molecule has 0 atom stereocenters. The van der Waals surface area contributed by atoms with E-state index in [0.717, 1.165) is 60.1 Å². The third-order valence-corrected chi connectivity index (χ3v) is 5.30. The van der Waals surface area contributed by atoms with E-state index in [4.69, 9.17) is 0 Å². The highest BCUT2D eigenvalue weighted by Gasteiger charge is 2.15. The topological polar surface area (TPSA) is 32.3 Å². The number of benzene rings is 1. The lowest BCUT2D eigenvalue weighted by Gasteiger charge is -2.20. The van der Waals surface area contributed by atoms with Crippen molar-refractivity contribution < 1.29 is 5.11 Å². The number of unbranched alkanes of at least 4 members (excludes halogenated alkanes) is 2. The molecule has 28 heavy (non-hydrogen) atoms. The van der Waals surface area contributed by atoms with Gasteiger partial charge >= 0.3 is 0 Å².